The number of hydrogen-bond donors (Lipinski definition) is 2. The fourth-order valence-electron chi connectivity index (χ4n) is 1.62. The van der Waals surface area contributed by atoms with E-state index in [9.17, 15) is 9.59 Å². The summed E-state index contributed by atoms with van der Waals surface area (Å²) in [5.41, 5.74) is 3.21. The molecule has 2 N–H and O–H groups in total. The first-order valence-corrected chi connectivity index (χ1v) is 7.07. The van der Waals surface area contributed by atoms with E-state index in [0.717, 1.165) is 0 Å². The third-order valence-electron chi connectivity index (χ3n) is 2.68. The molecule has 2 heterocycles. The molecule has 0 radical (unpaired) electrons. The lowest BCUT2D eigenvalue weighted by molar-refractivity contribution is -0.115. The maximum Gasteiger partial charge on any atom is 0.272 e. The zero-order chi connectivity index (χ0) is 16.7. The number of amides is 2. The van der Waals surface area contributed by atoms with Gasteiger partial charge in [-0.25, -0.2) is 10.4 Å². The molecule has 2 aromatic heterocycles. The molecule has 23 heavy (non-hydrogen) atoms. The van der Waals surface area contributed by atoms with Crippen LogP contribution in [-0.2, 0) is 4.79 Å². The molecular formula is C15H14ClN5O2. The first-order valence-electron chi connectivity index (χ1n) is 6.69. The van der Waals surface area contributed by atoms with Gasteiger partial charge in [-0.2, -0.15) is 5.10 Å². The SMILES string of the molecule is C/C(CC(=O)Nc1ccc(Cl)cn1)=N\NC(=O)c1cccnc1. The fourth-order valence-corrected chi connectivity index (χ4v) is 1.73. The third-order valence-corrected chi connectivity index (χ3v) is 2.91. The molecule has 118 valence electrons. The van der Waals surface area contributed by atoms with E-state index in [1.165, 1.54) is 12.4 Å². The molecular weight excluding hydrogens is 318 g/mol. The molecule has 2 aromatic rings. The van der Waals surface area contributed by atoms with Crippen LogP contribution in [0, 0.1) is 0 Å². The lowest BCUT2D eigenvalue weighted by Crippen LogP contribution is -2.21. The van der Waals surface area contributed by atoms with Crippen LogP contribution in [0.1, 0.15) is 23.7 Å². The van der Waals surface area contributed by atoms with Gasteiger partial charge in [0, 0.05) is 24.3 Å². The van der Waals surface area contributed by atoms with Gasteiger partial charge in [-0.3, -0.25) is 14.6 Å². The van der Waals surface area contributed by atoms with Gasteiger partial charge in [0.2, 0.25) is 5.91 Å². The number of rotatable bonds is 5. The highest BCUT2D eigenvalue weighted by Crippen LogP contribution is 2.09. The quantitative estimate of drug-likeness (QED) is 0.648. The number of pyridine rings is 2. The number of nitrogens with one attached hydrogen (secondary N) is 2. The summed E-state index contributed by atoms with van der Waals surface area (Å²) >= 11 is 5.71. The van der Waals surface area contributed by atoms with Crippen molar-refractivity contribution in [3.8, 4) is 0 Å². The lowest BCUT2D eigenvalue weighted by Gasteiger charge is -2.05. The van der Waals surface area contributed by atoms with Crippen LogP contribution in [0.3, 0.4) is 0 Å². The first kappa shape index (κ1) is 16.6. The Balaban J connectivity index is 1.85. The van der Waals surface area contributed by atoms with E-state index < -0.39 is 5.91 Å². The van der Waals surface area contributed by atoms with Gasteiger partial charge in [-0.05, 0) is 31.2 Å². The predicted octanol–water partition coefficient (Wildman–Crippen LogP) is 2.26. The fraction of sp³-hybridized carbons (Fsp3) is 0.133. The summed E-state index contributed by atoms with van der Waals surface area (Å²) in [6.45, 7) is 1.64. The van der Waals surface area contributed by atoms with Crippen LogP contribution >= 0.6 is 11.6 Å². The Morgan fingerprint density at radius 3 is 2.74 bits per heavy atom. The number of hydrogen-bond acceptors (Lipinski definition) is 5. The predicted molar refractivity (Wildman–Crippen MR) is 87.3 cm³/mol. The number of carbonyl (C=O) groups is 2. The van der Waals surface area contributed by atoms with Crippen molar-refractivity contribution in [3.05, 3.63) is 53.4 Å². The molecule has 0 fully saturated rings. The summed E-state index contributed by atoms with van der Waals surface area (Å²) in [7, 11) is 0. The van der Waals surface area contributed by atoms with E-state index in [0.29, 0.717) is 22.1 Å². The average molecular weight is 332 g/mol. The van der Waals surface area contributed by atoms with Crippen molar-refractivity contribution in [2.24, 2.45) is 5.10 Å². The Morgan fingerprint density at radius 1 is 1.26 bits per heavy atom. The second-order valence-electron chi connectivity index (χ2n) is 4.62. The van der Waals surface area contributed by atoms with Gasteiger partial charge in [0.1, 0.15) is 5.82 Å². The molecule has 0 saturated carbocycles. The molecule has 7 nitrogen and oxygen atoms in total. The molecule has 0 aliphatic carbocycles. The summed E-state index contributed by atoms with van der Waals surface area (Å²) < 4.78 is 0. The van der Waals surface area contributed by atoms with Crippen LogP contribution in [0.4, 0.5) is 5.82 Å². The van der Waals surface area contributed by atoms with E-state index in [1.54, 1.807) is 37.4 Å². The van der Waals surface area contributed by atoms with Gasteiger partial charge >= 0.3 is 0 Å². The van der Waals surface area contributed by atoms with Crippen molar-refractivity contribution in [2.45, 2.75) is 13.3 Å². The number of halogens is 1. The highest BCUT2D eigenvalue weighted by atomic mass is 35.5. The summed E-state index contributed by atoms with van der Waals surface area (Å²) in [5.74, 6) is -0.291. The monoisotopic (exact) mass is 331 g/mol. The second-order valence-corrected chi connectivity index (χ2v) is 5.05. The molecule has 0 unspecified atom stereocenters. The molecule has 0 atom stereocenters. The van der Waals surface area contributed by atoms with Crippen molar-refractivity contribution >= 4 is 34.9 Å². The Labute approximate surface area is 137 Å². The maximum atomic E-state index is 11.8. The highest BCUT2D eigenvalue weighted by molar-refractivity contribution is 6.30. The number of hydrazone groups is 1. The Morgan fingerprint density at radius 2 is 2.09 bits per heavy atom. The van der Waals surface area contributed by atoms with Crippen molar-refractivity contribution < 1.29 is 9.59 Å². The van der Waals surface area contributed by atoms with Gasteiger partial charge in [0.15, 0.2) is 0 Å². The highest BCUT2D eigenvalue weighted by Gasteiger charge is 2.07. The van der Waals surface area contributed by atoms with Crippen molar-refractivity contribution in [2.75, 3.05) is 5.32 Å². The average Bonchev–Trinajstić information content (AvgIpc) is 2.55. The van der Waals surface area contributed by atoms with Crippen molar-refractivity contribution in [1.29, 1.82) is 0 Å². The van der Waals surface area contributed by atoms with E-state index >= 15 is 0 Å². The standard InChI is InChI=1S/C15H14ClN5O2/c1-10(20-21-15(23)11-3-2-6-17-8-11)7-14(22)19-13-5-4-12(16)9-18-13/h2-6,8-9H,7H2,1H3,(H,21,23)(H,18,19,22)/b20-10+. The van der Waals surface area contributed by atoms with Crippen LogP contribution in [0.2, 0.25) is 5.02 Å². The van der Waals surface area contributed by atoms with Gasteiger partial charge in [-0.15, -0.1) is 0 Å². The number of carbonyl (C=O) groups excluding carboxylic acids is 2. The molecule has 0 aromatic carbocycles. The summed E-state index contributed by atoms with van der Waals surface area (Å²) in [6.07, 6.45) is 4.46. The van der Waals surface area contributed by atoms with E-state index in [4.69, 9.17) is 11.6 Å². The van der Waals surface area contributed by atoms with Crippen LogP contribution in [0.15, 0.2) is 48.0 Å². The Kier molecular flexibility index (Phi) is 5.76. The molecule has 0 spiro atoms. The number of anilines is 1. The number of aromatic nitrogens is 2. The minimum absolute atomic E-state index is 0.0254. The minimum Gasteiger partial charge on any atom is -0.310 e. The van der Waals surface area contributed by atoms with Crippen molar-refractivity contribution in [3.63, 3.8) is 0 Å². The smallest absolute Gasteiger partial charge is 0.272 e. The van der Waals surface area contributed by atoms with Crippen LogP contribution in [0.5, 0.6) is 0 Å². The van der Waals surface area contributed by atoms with Gasteiger partial charge in [0.05, 0.1) is 17.0 Å². The summed E-state index contributed by atoms with van der Waals surface area (Å²) in [4.78, 5) is 31.4. The van der Waals surface area contributed by atoms with Gasteiger partial charge < -0.3 is 5.32 Å². The molecule has 2 rings (SSSR count). The second kappa shape index (κ2) is 8.00. The minimum atomic E-state index is -0.391. The molecule has 0 saturated heterocycles. The summed E-state index contributed by atoms with van der Waals surface area (Å²) in [5, 5.41) is 6.98. The van der Waals surface area contributed by atoms with Crippen LogP contribution < -0.4 is 10.7 Å². The molecule has 0 aliphatic rings. The molecule has 0 aliphatic heterocycles. The topological polar surface area (TPSA) is 96.3 Å². The van der Waals surface area contributed by atoms with E-state index in [1.807, 2.05) is 0 Å². The molecule has 0 bridgehead atoms. The largest absolute Gasteiger partial charge is 0.310 e. The van der Waals surface area contributed by atoms with E-state index in [2.05, 4.69) is 25.8 Å². The zero-order valence-electron chi connectivity index (χ0n) is 12.3. The normalized spacial score (nSPS) is 11.0. The van der Waals surface area contributed by atoms with E-state index in [-0.39, 0.29) is 12.3 Å². The Hall–Kier alpha value is -2.80. The van der Waals surface area contributed by atoms with Crippen LogP contribution in [-0.4, -0.2) is 27.5 Å². The molecule has 2 amide bonds. The van der Waals surface area contributed by atoms with Crippen LogP contribution in [0.25, 0.3) is 0 Å². The Bertz CT molecular complexity index is 716. The third kappa shape index (κ3) is 5.48. The number of nitrogens with zero attached hydrogens (tertiary/aromatic N) is 3. The van der Waals surface area contributed by atoms with Gasteiger partial charge in [0.25, 0.3) is 5.91 Å². The molecule has 8 heteroatoms. The zero-order valence-corrected chi connectivity index (χ0v) is 13.0. The lowest BCUT2D eigenvalue weighted by atomic mass is 10.3. The summed E-state index contributed by atoms with van der Waals surface area (Å²) in [6, 6.07) is 6.49. The van der Waals surface area contributed by atoms with Gasteiger partial charge in [-0.1, -0.05) is 11.6 Å². The van der Waals surface area contributed by atoms with Crippen molar-refractivity contribution in [1.82, 2.24) is 15.4 Å². The first-order chi connectivity index (χ1) is 11.0. The maximum absolute atomic E-state index is 11.8.